The van der Waals surface area contributed by atoms with Gasteiger partial charge in [-0.25, -0.2) is 12.8 Å². The van der Waals surface area contributed by atoms with Gasteiger partial charge in [0, 0.05) is 24.5 Å². The Morgan fingerprint density at radius 3 is 2.27 bits per heavy atom. The summed E-state index contributed by atoms with van der Waals surface area (Å²) < 4.78 is 45.5. The highest BCUT2D eigenvalue weighted by molar-refractivity contribution is 7.92. The second kappa shape index (κ2) is 7.10. The smallest absolute Gasteiger partial charge is 0.182 e. The highest BCUT2D eigenvalue weighted by Crippen LogP contribution is 2.63. The molecule has 1 fully saturated rings. The van der Waals surface area contributed by atoms with E-state index in [9.17, 15) is 12.8 Å². The summed E-state index contributed by atoms with van der Waals surface area (Å²) in [5.41, 5.74) is 7.11. The van der Waals surface area contributed by atoms with Crippen molar-refractivity contribution in [2.75, 3.05) is 19.8 Å². The fourth-order valence-electron chi connectivity index (χ4n) is 3.76. The Morgan fingerprint density at radius 2 is 1.73 bits per heavy atom. The van der Waals surface area contributed by atoms with Crippen molar-refractivity contribution in [2.24, 2.45) is 11.1 Å². The average Bonchev–Trinajstić information content (AvgIpc) is 3.31. The van der Waals surface area contributed by atoms with E-state index in [1.807, 2.05) is 13.8 Å². The minimum atomic E-state index is -3.59. The molecule has 26 heavy (non-hydrogen) atoms. The zero-order valence-corrected chi connectivity index (χ0v) is 15.8. The predicted molar refractivity (Wildman–Crippen MR) is 99.3 cm³/mol. The molecule has 3 rings (SSSR count). The third kappa shape index (κ3) is 3.17. The van der Waals surface area contributed by atoms with Gasteiger partial charge in [0.25, 0.3) is 0 Å². The van der Waals surface area contributed by atoms with Crippen LogP contribution < -0.4 is 5.73 Å². The van der Waals surface area contributed by atoms with E-state index in [1.54, 1.807) is 36.4 Å². The van der Waals surface area contributed by atoms with Gasteiger partial charge in [0.15, 0.2) is 9.84 Å². The largest absolute Gasteiger partial charge is 0.381 e. The van der Waals surface area contributed by atoms with E-state index >= 15 is 0 Å². The molecule has 0 aliphatic heterocycles. The molecule has 140 valence electrons. The molecule has 6 heteroatoms. The Kier molecular flexibility index (Phi) is 5.19. The third-order valence-electron chi connectivity index (χ3n) is 5.25. The second-order valence-corrected chi connectivity index (χ2v) is 8.95. The maximum absolute atomic E-state index is 13.3. The third-order valence-corrected chi connectivity index (χ3v) is 7.59. The van der Waals surface area contributed by atoms with Crippen LogP contribution in [0.5, 0.6) is 0 Å². The molecule has 1 saturated carbocycles. The van der Waals surface area contributed by atoms with Crippen LogP contribution in [0.2, 0.25) is 0 Å². The Hall–Kier alpha value is -1.76. The summed E-state index contributed by atoms with van der Waals surface area (Å²) in [5, 5.41) is -0.681. The summed E-state index contributed by atoms with van der Waals surface area (Å²) >= 11 is 0. The number of rotatable bonds is 7. The summed E-state index contributed by atoms with van der Waals surface area (Å²) in [4.78, 5) is 0.284. The van der Waals surface area contributed by atoms with Crippen LogP contribution in [0.3, 0.4) is 0 Å². The van der Waals surface area contributed by atoms with Crippen molar-refractivity contribution in [3.63, 3.8) is 0 Å². The molecule has 0 unspecified atom stereocenters. The number of sulfone groups is 1. The molecular formula is C20H24FNO3S. The maximum Gasteiger partial charge on any atom is 0.182 e. The number of benzene rings is 2. The molecule has 2 N–H and O–H groups in total. The molecule has 0 amide bonds. The number of hydrogen-bond acceptors (Lipinski definition) is 4. The van der Waals surface area contributed by atoms with Crippen molar-refractivity contribution in [1.29, 1.82) is 0 Å². The lowest BCUT2D eigenvalue weighted by atomic mass is 10.00. The van der Waals surface area contributed by atoms with E-state index in [2.05, 4.69) is 0 Å². The minimum absolute atomic E-state index is 0.185. The first kappa shape index (κ1) is 19.0. The number of aryl methyl sites for hydroxylation is 1. The van der Waals surface area contributed by atoms with Gasteiger partial charge >= 0.3 is 0 Å². The lowest BCUT2D eigenvalue weighted by Gasteiger charge is -2.16. The first-order valence-corrected chi connectivity index (χ1v) is 10.3. The normalized spacial score (nSPS) is 25.2. The maximum atomic E-state index is 13.3. The molecule has 0 bridgehead atoms. The van der Waals surface area contributed by atoms with Crippen LogP contribution in [-0.4, -0.2) is 33.4 Å². The molecule has 0 radical (unpaired) electrons. The molecule has 0 saturated heterocycles. The lowest BCUT2D eigenvalue weighted by molar-refractivity contribution is 0.101. The van der Waals surface area contributed by atoms with Gasteiger partial charge in [-0.1, -0.05) is 29.8 Å². The van der Waals surface area contributed by atoms with Crippen LogP contribution in [0, 0.1) is 18.2 Å². The molecule has 0 spiro atoms. The van der Waals surface area contributed by atoms with Crippen LogP contribution in [0.4, 0.5) is 4.39 Å². The van der Waals surface area contributed by atoms with E-state index in [4.69, 9.17) is 10.5 Å². The highest BCUT2D eigenvalue weighted by Gasteiger charge is 2.70. The van der Waals surface area contributed by atoms with E-state index in [0.717, 1.165) is 11.1 Å². The van der Waals surface area contributed by atoms with Gasteiger partial charge < -0.3 is 10.5 Å². The number of halogens is 1. The van der Waals surface area contributed by atoms with Gasteiger partial charge in [-0.05, 0) is 43.7 Å². The first-order valence-electron chi connectivity index (χ1n) is 8.70. The Morgan fingerprint density at radius 1 is 1.12 bits per heavy atom. The second-order valence-electron chi connectivity index (χ2n) is 6.88. The fraction of sp³-hybridized carbons (Fsp3) is 0.400. The van der Waals surface area contributed by atoms with E-state index < -0.39 is 20.5 Å². The molecule has 3 atom stereocenters. The summed E-state index contributed by atoms with van der Waals surface area (Å²) in [6.45, 7) is 4.70. The van der Waals surface area contributed by atoms with Gasteiger partial charge in [0.1, 0.15) is 5.82 Å². The molecule has 1 aliphatic rings. The monoisotopic (exact) mass is 377 g/mol. The number of hydrogen-bond donors (Lipinski definition) is 1. The van der Waals surface area contributed by atoms with Crippen LogP contribution in [0.1, 0.15) is 24.0 Å². The van der Waals surface area contributed by atoms with Gasteiger partial charge in [0.2, 0.25) is 0 Å². The first-order chi connectivity index (χ1) is 12.4. The van der Waals surface area contributed by atoms with Crippen molar-refractivity contribution in [3.8, 4) is 0 Å². The molecular weight excluding hydrogens is 353 g/mol. The van der Waals surface area contributed by atoms with E-state index in [1.165, 1.54) is 12.1 Å². The Balaban J connectivity index is 2.03. The molecule has 2 aromatic rings. The van der Waals surface area contributed by atoms with Crippen molar-refractivity contribution in [1.82, 2.24) is 0 Å². The standard InChI is InChI=1S/C20H24FNO3S/c1-3-25-13-20(12-22)18(15-6-8-16(21)9-7-15)19(20)26(23,24)17-10-4-14(2)5-11-17/h4-11,18-19H,3,12-13,22H2,1-2H3/t18-,19+,20+/m0/s1. The predicted octanol–water partition coefficient (Wildman–Crippen LogP) is 3.06. The van der Waals surface area contributed by atoms with Gasteiger partial charge in [-0.2, -0.15) is 0 Å². The van der Waals surface area contributed by atoms with Crippen molar-refractivity contribution < 1.29 is 17.5 Å². The zero-order valence-electron chi connectivity index (χ0n) is 15.0. The van der Waals surface area contributed by atoms with Crippen molar-refractivity contribution >= 4 is 9.84 Å². The fourth-order valence-corrected chi connectivity index (χ4v) is 6.20. The van der Waals surface area contributed by atoms with Crippen LogP contribution >= 0.6 is 0 Å². The van der Waals surface area contributed by atoms with Gasteiger partial charge in [-0.15, -0.1) is 0 Å². The van der Waals surface area contributed by atoms with Gasteiger partial charge in [0.05, 0.1) is 16.8 Å². The summed E-state index contributed by atoms with van der Waals surface area (Å²) in [7, 11) is -3.59. The van der Waals surface area contributed by atoms with Crippen LogP contribution in [0.15, 0.2) is 53.4 Å². The molecule has 0 aromatic heterocycles. The van der Waals surface area contributed by atoms with Crippen LogP contribution in [0.25, 0.3) is 0 Å². The number of nitrogens with two attached hydrogens (primary N) is 1. The average molecular weight is 377 g/mol. The summed E-state index contributed by atoms with van der Waals surface area (Å²) in [6, 6.07) is 12.8. The van der Waals surface area contributed by atoms with Gasteiger partial charge in [-0.3, -0.25) is 0 Å². The zero-order chi connectivity index (χ0) is 18.9. The topological polar surface area (TPSA) is 69.4 Å². The number of ether oxygens (including phenoxy) is 1. The lowest BCUT2D eigenvalue weighted by Crippen LogP contribution is -2.29. The molecule has 4 nitrogen and oxygen atoms in total. The van der Waals surface area contributed by atoms with Crippen LogP contribution in [-0.2, 0) is 14.6 Å². The quantitative estimate of drug-likeness (QED) is 0.805. The Labute approximate surface area is 154 Å². The molecule has 0 heterocycles. The van der Waals surface area contributed by atoms with E-state index in [-0.39, 0.29) is 29.8 Å². The minimum Gasteiger partial charge on any atom is -0.381 e. The molecule has 1 aliphatic carbocycles. The summed E-state index contributed by atoms with van der Waals surface area (Å²) in [6.07, 6.45) is 0. The molecule has 2 aromatic carbocycles. The van der Waals surface area contributed by atoms with E-state index in [0.29, 0.717) is 6.61 Å². The van der Waals surface area contributed by atoms with Crippen molar-refractivity contribution in [2.45, 2.75) is 29.9 Å². The summed E-state index contributed by atoms with van der Waals surface area (Å²) in [5.74, 6) is -0.665. The Bertz CT molecular complexity index is 865. The SMILES string of the molecule is CCOC[C@@]1(CN)[C@H](S(=O)(=O)c2ccc(C)cc2)[C@@H]1c1ccc(F)cc1. The highest BCUT2D eigenvalue weighted by atomic mass is 32.2. The van der Waals surface area contributed by atoms with Crippen molar-refractivity contribution in [3.05, 3.63) is 65.5 Å².